The maximum Gasteiger partial charge on any atom is 0.323 e. The molecule has 0 aliphatic heterocycles. The van der Waals surface area contributed by atoms with Gasteiger partial charge in [0, 0.05) is 6.42 Å². The van der Waals surface area contributed by atoms with Crippen molar-refractivity contribution in [2.45, 2.75) is 38.8 Å². The molecule has 0 bridgehead atoms. The fourth-order valence-corrected chi connectivity index (χ4v) is 1.47. The molecule has 1 unspecified atom stereocenters. The highest BCUT2D eigenvalue weighted by Crippen LogP contribution is 2.20. The maximum absolute atomic E-state index is 13.4. The van der Waals surface area contributed by atoms with Crippen LogP contribution in [-0.2, 0) is 16.0 Å². The van der Waals surface area contributed by atoms with Crippen LogP contribution in [0.25, 0.3) is 0 Å². The van der Waals surface area contributed by atoms with E-state index >= 15 is 0 Å². The van der Waals surface area contributed by atoms with E-state index in [4.69, 9.17) is 10.5 Å². The first kappa shape index (κ1) is 16.4. The Morgan fingerprint density at radius 1 is 1.20 bits per heavy atom. The van der Waals surface area contributed by atoms with Crippen molar-refractivity contribution in [3.63, 3.8) is 0 Å². The van der Waals surface area contributed by atoms with Gasteiger partial charge in [-0.15, -0.1) is 0 Å². The number of benzene rings is 1. The van der Waals surface area contributed by atoms with E-state index in [-0.39, 0.29) is 0 Å². The summed E-state index contributed by atoms with van der Waals surface area (Å²) < 4.78 is 57.2. The van der Waals surface area contributed by atoms with Crippen LogP contribution in [0.5, 0.6) is 0 Å². The van der Waals surface area contributed by atoms with Gasteiger partial charge in [-0.25, -0.2) is 17.6 Å². The molecule has 3 nitrogen and oxygen atoms in total. The largest absolute Gasteiger partial charge is 0.459 e. The lowest BCUT2D eigenvalue weighted by molar-refractivity contribution is -0.156. The first-order valence-electron chi connectivity index (χ1n) is 5.83. The van der Waals surface area contributed by atoms with Crippen LogP contribution in [0, 0.1) is 23.3 Å². The van der Waals surface area contributed by atoms with Gasteiger partial charge in [-0.3, -0.25) is 4.79 Å². The Labute approximate surface area is 113 Å². The number of hydrogen-bond donors (Lipinski definition) is 1. The summed E-state index contributed by atoms with van der Waals surface area (Å²) in [6.07, 6.45) is -0.505. The Morgan fingerprint density at radius 3 is 2.25 bits per heavy atom. The zero-order valence-corrected chi connectivity index (χ0v) is 11.3. The maximum atomic E-state index is 13.4. The first-order valence-corrected chi connectivity index (χ1v) is 5.83. The Bertz CT molecular complexity index is 526. The highest BCUT2D eigenvalue weighted by Gasteiger charge is 2.25. The molecule has 1 rings (SSSR count). The molecule has 1 aromatic carbocycles. The average Bonchev–Trinajstić information content (AvgIpc) is 2.31. The molecule has 1 aromatic rings. The second-order valence-electron chi connectivity index (χ2n) is 5.30. The molecular weight excluding hydrogens is 278 g/mol. The lowest BCUT2D eigenvalue weighted by Gasteiger charge is -2.22. The van der Waals surface area contributed by atoms with E-state index in [9.17, 15) is 22.4 Å². The SMILES string of the molecule is CC(C)(C)OC(=O)C(N)Cc1cc(F)c(F)c(F)c1F. The molecule has 0 aliphatic rings. The van der Waals surface area contributed by atoms with Crippen LogP contribution in [0.15, 0.2) is 6.07 Å². The van der Waals surface area contributed by atoms with Gasteiger partial charge in [-0.1, -0.05) is 0 Å². The highest BCUT2D eigenvalue weighted by molar-refractivity contribution is 5.76. The van der Waals surface area contributed by atoms with Crippen molar-refractivity contribution in [3.05, 3.63) is 34.9 Å². The molecule has 112 valence electrons. The minimum atomic E-state index is -1.93. The summed E-state index contributed by atoms with van der Waals surface area (Å²) in [5.74, 6) is -7.80. The Morgan fingerprint density at radius 2 is 1.75 bits per heavy atom. The second-order valence-corrected chi connectivity index (χ2v) is 5.30. The van der Waals surface area contributed by atoms with Gasteiger partial charge in [-0.2, -0.15) is 0 Å². The van der Waals surface area contributed by atoms with Crippen LogP contribution in [0.3, 0.4) is 0 Å². The zero-order valence-electron chi connectivity index (χ0n) is 11.3. The van der Waals surface area contributed by atoms with Crippen molar-refractivity contribution in [2.24, 2.45) is 5.73 Å². The van der Waals surface area contributed by atoms with Crippen molar-refractivity contribution in [1.82, 2.24) is 0 Å². The van der Waals surface area contributed by atoms with Crippen LogP contribution in [0.4, 0.5) is 17.6 Å². The number of ether oxygens (including phenoxy) is 1. The molecule has 0 radical (unpaired) electrons. The van der Waals surface area contributed by atoms with Crippen LogP contribution in [0.1, 0.15) is 26.3 Å². The summed E-state index contributed by atoms with van der Waals surface area (Å²) in [6.45, 7) is 4.82. The lowest BCUT2D eigenvalue weighted by Crippen LogP contribution is -2.39. The lowest BCUT2D eigenvalue weighted by atomic mass is 10.0. The van der Waals surface area contributed by atoms with E-state index in [2.05, 4.69) is 0 Å². The number of halogens is 4. The normalized spacial score (nSPS) is 13.2. The van der Waals surface area contributed by atoms with Crippen LogP contribution >= 0.6 is 0 Å². The van der Waals surface area contributed by atoms with Crippen molar-refractivity contribution in [1.29, 1.82) is 0 Å². The van der Waals surface area contributed by atoms with Crippen LogP contribution in [-0.4, -0.2) is 17.6 Å². The van der Waals surface area contributed by atoms with Crippen molar-refractivity contribution in [3.8, 4) is 0 Å². The zero-order chi connectivity index (χ0) is 15.7. The summed E-state index contributed by atoms with van der Waals surface area (Å²) in [4.78, 5) is 11.6. The smallest absolute Gasteiger partial charge is 0.323 e. The van der Waals surface area contributed by atoms with E-state index in [0.29, 0.717) is 6.07 Å². The van der Waals surface area contributed by atoms with Gasteiger partial charge in [0.25, 0.3) is 0 Å². The van der Waals surface area contributed by atoms with Crippen LogP contribution in [0.2, 0.25) is 0 Å². The predicted octanol–water partition coefficient (Wildman–Crippen LogP) is 2.45. The molecule has 0 spiro atoms. The first-order chi connectivity index (χ1) is 9.03. The summed E-state index contributed by atoms with van der Waals surface area (Å²) in [7, 11) is 0. The van der Waals surface area contributed by atoms with Gasteiger partial charge in [0.05, 0.1) is 0 Å². The topological polar surface area (TPSA) is 52.3 Å². The molecule has 0 saturated heterocycles. The highest BCUT2D eigenvalue weighted by atomic mass is 19.2. The molecule has 20 heavy (non-hydrogen) atoms. The van der Waals surface area contributed by atoms with Gasteiger partial charge in [0.15, 0.2) is 23.3 Å². The van der Waals surface area contributed by atoms with Crippen molar-refractivity contribution in [2.75, 3.05) is 0 Å². The molecule has 0 amide bonds. The molecule has 0 saturated carbocycles. The van der Waals surface area contributed by atoms with E-state index < -0.39 is 52.9 Å². The number of rotatable bonds is 3. The Hall–Kier alpha value is -1.63. The fourth-order valence-electron chi connectivity index (χ4n) is 1.47. The van der Waals surface area contributed by atoms with Gasteiger partial charge in [0.1, 0.15) is 11.6 Å². The minimum Gasteiger partial charge on any atom is -0.459 e. The number of carbonyl (C=O) groups is 1. The molecule has 1 atom stereocenters. The van der Waals surface area contributed by atoms with E-state index in [0.717, 1.165) is 0 Å². The number of hydrogen-bond acceptors (Lipinski definition) is 3. The van der Waals surface area contributed by atoms with Gasteiger partial charge in [-0.05, 0) is 32.4 Å². The molecule has 0 fully saturated rings. The van der Waals surface area contributed by atoms with Gasteiger partial charge in [0.2, 0.25) is 0 Å². The third-order valence-corrected chi connectivity index (χ3v) is 2.33. The number of nitrogens with two attached hydrogens (primary N) is 1. The fraction of sp³-hybridized carbons (Fsp3) is 0.462. The average molecular weight is 293 g/mol. The standard InChI is InChI=1S/C13H15F4NO2/c1-13(2,3)20-12(19)8(18)5-6-4-7(14)10(16)11(17)9(6)15/h4,8H,5,18H2,1-3H3. The Balaban J connectivity index is 2.92. The molecule has 2 N–H and O–H groups in total. The summed E-state index contributed by atoms with van der Waals surface area (Å²) in [5.41, 5.74) is 4.16. The Kier molecular flexibility index (Phi) is 4.75. The molecule has 7 heteroatoms. The van der Waals surface area contributed by atoms with Gasteiger partial charge >= 0.3 is 5.97 Å². The van der Waals surface area contributed by atoms with E-state index in [1.54, 1.807) is 20.8 Å². The second kappa shape index (κ2) is 5.78. The predicted molar refractivity (Wildman–Crippen MR) is 63.8 cm³/mol. The van der Waals surface area contributed by atoms with Crippen molar-refractivity contribution >= 4 is 5.97 Å². The third kappa shape index (κ3) is 3.93. The molecule has 0 heterocycles. The van der Waals surface area contributed by atoms with E-state index in [1.165, 1.54) is 0 Å². The van der Waals surface area contributed by atoms with E-state index in [1.807, 2.05) is 0 Å². The summed E-state index contributed by atoms with van der Waals surface area (Å²) in [5, 5.41) is 0. The number of carbonyl (C=O) groups excluding carboxylic acids is 1. The third-order valence-electron chi connectivity index (χ3n) is 2.33. The monoisotopic (exact) mass is 293 g/mol. The molecule has 0 aliphatic carbocycles. The van der Waals surface area contributed by atoms with Gasteiger partial charge < -0.3 is 10.5 Å². The molecule has 0 aromatic heterocycles. The van der Waals surface area contributed by atoms with Crippen LogP contribution < -0.4 is 5.73 Å². The minimum absolute atomic E-state index is 0.470. The number of esters is 1. The summed E-state index contributed by atoms with van der Waals surface area (Å²) >= 11 is 0. The summed E-state index contributed by atoms with van der Waals surface area (Å²) in [6, 6.07) is -0.842. The van der Waals surface area contributed by atoms with Crippen molar-refractivity contribution < 1.29 is 27.1 Å². The molecular formula is C13H15F4NO2. The quantitative estimate of drug-likeness (QED) is 0.403.